The van der Waals surface area contributed by atoms with Gasteiger partial charge in [-0.25, -0.2) is 9.37 Å². The van der Waals surface area contributed by atoms with Crippen molar-refractivity contribution in [1.82, 2.24) is 4.98 Å². The van der Waals surface area contributed by atoms with Gasteiger partial charge in [-0.15, -0.1) is 0 Å². The molecule has 5 heteroatoms. The van der Waals surface area contributed by atoms with Gasteiger partial charge in [0.25, 0.3) is 0 Å². The molecule has 0 saturated heterocycles. The average Bonchev–Trinajstić information content (AvgIpc) is 2.66. The van der Waals surface area contributed by atoms with Crippen LogP contribution in [-0.2, 0) is 0 Å². The zero-order chi connectivity index (χ0) is 10.8. The van der Waals surface area contributed by atoms with E-state index in [0.29, 0.717) is 10.6 Å². The number of thiazole rings is 1. The Morgan fingerprint density at radius 2 is 2.27 bits per heavy atom. The van der Waals surface area contributed by atoms with Crippen molar-refractivity contribution in [2.45, 2.75) is 0 Å². The molecule has 2 aromatic rings. The molecule has 1 aromatic heterocycles. The molecule has 78 valence electrons. The molecule has 0 fully saturated rings. The molecule has 2 rings (SSSR count). The molecule has 2 nitrogen and oxygen atoms in total. The molecule has 0 atom stereocenters. The zero-order valence-corrected chi connectivity index (χ0v) is 9.49. The van der Waals surface area contributed by atoms with Crippen LogP contribution in [0.4, 0.5) is 9.52 Å². The molecule has 0 unspecified atom stereocenters. The first-order valence-electron chi connectivity index (χ1n) is 4.30. The van der Waals surface area contributed by atoms with Gasteiger partial charge in [-0.05, 0) is 12.1 Å². The molecule has 1 N–H and O–H groups in total. The van der Waals surface area contributed by atoms with Crippen molar-refractivity contribution in [2.75, 3.05) is 12.4 Å². The van der Waals surface area contributed by atoms with Crippen molar-refractivity contribution in [2.24, 2.45) is 0 Å². The zero-order valence-electron chi connectivity index (χ0n) is 7.92. The Bertz CT molecular complexity index is 464. The Kier molecular flexibility index (Phi) is 2.88. The molecule has 1 aromatic carbocycles. The third-order valence-corrected chi connectivity index (χ3v) is 3.28. The molecule has 0 saturated carbocycles. The molecule has 15 heavy (non-hydrogen) atoms. The molecule has 0 aliphatic rings. The monoisotopic (exact) mass is 242 g/mol. The Balaban J connectivity index is 2.53. The third kappa shape index (κ3) is 1.96. The van der Waals surface area contributed by atoms with Gasteiger partial charge in [0.2, 0.25) is 0 Å². The summed E-state index contributed by atoms with van der Waals surface area (Å²) in [5, 5.41) is 4.04. The van der Waals surface area contributed by atoms with Gasteiger partial charge in [0.05, 0.1) is 9.90 Å². The number of aromatic nitrogens is 1. The lowest BCUT2D eigenvalue weighted by Crippen LogP contribution is -1.83. The topological polar surface area (TPSA) is 24.9 Å². The van der Waals surface area contributed by atoms with Gasteiger partial charge in [-0.1, -0.05) is 29.0 Å². The number of rotatable bonds is 2. The molecule has 1 heterocycles. The molecule has 0 aliphatic heterocycles. The van der Waals surface area contributed by atoms with Crippen molar-refractivity contribution in [3.63, 3.8) is 0 Å². The number of benzene rings is 1. The first kappa shape index (κ1) is 10.4. The summed E-state index contributed by atoms with van der Waals surface area (Å²) in [4.78, 5) is 4.80. The quantitative estimate of drug-likeness (QED) is 0.870. The minimum Gasteiger partial charge on any atom is -0.365 e. The van der Waals surface area contributed by atoms with E-state index in [2.05, 4.69) is 10.3 Å². The molecule has 0 amide bonds. The van der Waals surface area contributed by atoms with E-state index in [4.69, 9.17) is 11.6 Å². The number of anilines is 1. The minimum atomic E-state index is -0.325. The van der Waals surface area contributed by atoms with Gasteiger partial charge >= 0.3 is 0 Å². The van der Waals surface area contributed by atoms with Crippen LogP contribution in [-0.4, -0.2) is 12.0 Å². The van der Waals surface area contributed by atoms with E-state index in [1.54, 1.807) is 25.4 Å². The first-order chi connectivity index (χ1) is 7.22. The Labute approximate surface area is 95.7 Å². The summed E-state index contributed by atoms with van der Waals surface area (Å²) >= 11 is 7.30. The Morgan fingerprint density at radius 3 is 2.87 bits per heavy atom. The van der Waals surface area contributed by atoms with E-state index in [-0.39, 0.29) is 5.82 Å². The summed E-state index contributed by atoms with van der Waals surface area (Å²) in [6.45, 7) is 0. The first-order valence-corrected chi connectivity index (χ1v) is 5.50. The summed E-state index contributed by atoms with van der Waals surface area (Å²) in [6, 6.07) is 4.64. The van der Waals surface area contributed by atoms with Crippen molar-refractivity contribution < 1.29 is 4.39 Å². The van der Waals surface area contributed by atoms with Crippen LogP contribution in [0.15, 0.2) is 24.4 Å². The fraction of sp³-hybridized carbons (Fsp3) is 0.100. The van der Waals surface area contributed by atoms with Crippen LogP contribution < -0.4 is 5.32 Å². The summed E-state index contributed by atoms with van der Waals surface area (Å²) < 4.78 is 13.5. The third-order valence-electron chi connectivity index (χ3n) is 1.93. The molecular weight excluding hydrogens is 235 g/mol. The van der Waals surface area contributed by atoms with Gasteiger partial charge < -0.3 is 5.32 Å². The van der Waals surface area contributed by atoms with Crippen molar-refractivity contribution >= 4 is 28.1 Å². The molecule has 0 radical (unpaired) electrons. The highest BCUT2D eigenvalue weighted by Gasteiger charge is 2.12. The number of hydrogen-bond donors (Lipinski definition) is 1. The maximum atomic E-state index is 13.5. The number of hydrogen-bond acceptors (Lipinski definition) is 3. The second-order valence-electron chi connectivity index (χ2n) is 2.88. The maximum Gasteiger partial charge on any atom is 0.182 e. The lowest BCUT2D eigenvalue weighted by atomic mass is 10.2. The SMILES string of the molecule is CNc1ncc(-c2c(F)cccc2Cl)s1. The lowest BCUT2D eigenvalue weighted by molar-refractivity contribution is 0.632. The highest BCUT2D eigenvalue weighted by molar-refractivity contribution is 7.18. The van der Waals surface area contributed by atoms with Gasteiger partial charge in [-0.3, -0.25) is 0 Å². The largest absolute Gasteiger partial charge is 0.365 e. The van der Waals surface area contributed by atoms with Crippen LogP contribution in [0.5, 0.6) is 0 Å². The highest BCUT2D eigenvalue weighted by Crippen LogP contribution is 2.35. The van der Waals surface area contributed by atoms with E-state index < -0.39 is 0 Å². The fourth-order valence-electron chi connectivity index (χ4n) is 1.24. The van der Waals surface area contributed by atoms with Gasteiger partial charge in [0, 0.05) is 18.8 Å². The van der Waals surface area contributed by atoms with E-state index in [9.17, 15) is 4.39 Å². The average molecular weight is 243 g/mol. The maximum absolute atomic E-state index is 13.5. The summed E-state index contributed by atoms with van der Waals surface area (Å²) in [6.07, 6.45) is 1.61. The normalized spacial score (nSPS) is 10.3. The number of nitrogens with one attached hydrogen (secondary N) is 1. The number of halogens is 2. The summed E-state index contributed by atoms with van der Waals surface area (Å²) in [5.74, 6) is -0.325. The number of nitrogens with zero attached hydrogens (tertiary/aromatic N) is 1. The van der Waals surface area contributed by atoms with Crippen LogP contribution in [0, 0.1) is 5.82 Å². The van der Waals surface area contributed by atoms with Crippen molar-refractivity contribution in [1.29, 1.82) is 0 Å². The van der Waals surface area contributed by atoms with E-state index in [1.807, 2.05) is 0 Å². The van der Waals surface area contributed by atoms with Gasteiger partial charge in [0.1, 0.15) is 5.82 Å². The van der Waals surface area contributed by atoms with Gasteiger partial charge in [0.15, 0.2) is 5.13 Å². The Morgan fingerprint density at radius 1 is 1.47 bits per heavy atom. The van der Waals surface area contributed by atoms with Crippen molar-refractivity contribution in [3.05, 3.63) is 35.2 Å². The van der Waals surface area contributed by atoms with Gasteiger partial charge in [-0.2, -0.15) is 0 Å². The van der Waals surface area contributed by atoms with Crippen LogP contribution >= 0.6 is 22.9 Å². The summed E-state index contributed by atoms with van der Waals surface area (Å²) in [5.41, 5.74) is 0.415. The fourth-order valence-corrected chi connectivity index (χ4v) is 2.39. The van der Waals surface area contributed by atoms with Crippen LogP contribution in [0.1, 0.15) is 0 Å². The van der Waals surface area contributed by atoms with E-state index in [0.717, 1.165) is 10.0 Å². The molecule has 0 spiro atoms. The smallest absolute Gasteiger partial charge is 0.182 e. The highest BCUT2D eigenvalue weighted by atomic mass is 35.5. The summed E-state index contributed by atoms with van der Waals surface area (Å²) in [7, 11) is 1.77. The minimum absolute atomic E-state index is 0.325. The van der Waals surface area contributed by atoms with E-state index in [1.165, 1.54) is 17.4 Å². The van der Waals surface area contributed by atoms with Crippen LogP contribution in [0.25, 0.3) is 10.4 Å². The molecule has 0 bridgehead atoms. The Hall–Kier alpha value is -1.13. The van der Waals surface area contributed by atoms with Crippen LogP contribution in [0.2, 0.25) is 5.02 Å². The lowest BCUT2D eigenvalue weighted by Gasteiger charge is -2.01. The van der Waals surface area contributed by atoms with E-state index >= 15 is 0 Å². The van der Waals surface area contributed by atoms with Crippen LogP contribution in [0.3, 0.4) is 0 Å². The van der Waals surface area contributed by atoms with Crippen molar-refractivity contribution in [3.8, 4) is 10.4 Å². The second-order valence-corrected chi connectivity index (χ2v) is 4.31. The predicted molar refractivity (Wildman–Crippen MR) is 62.1 cm³/mol. The second kappa shape index (κ2) is 4.16. The molecular formula is C10H8ClFN2S. The standard InChI is InChI=1S/C10H8ClFN2S/c1-13-10-14-5-8(15-10)9-6(11)3-2-4-7(9)12/h2-5H,1H3,(H,13,14). The predicted octanol–water partition coefficient (Wildman–Crippen LogP) is 3.64. The molecule has 0 aliphatic carbocycles.